The molecule has 0 unspecified atom stereocenters. The van der Waals surface area contributed by atoms with Gasteiger partial charge in [-0.3, -0.25) is 9.59 Å². The largest absolute Gasteiger partial charge is 0.493 e. The van der Waals surface area contributed by atoms with Crippen molar-refractivity contribution in [2.75, 3.05) is 39.9 Å². The van der Waals surface area contributed by atoms with Gasteiger partial charge in [-0.05, 0) is 35.9 Å². The van der Waals surface area contributed by atoms with Gasteiger partial charge in [-0.15, -0.1) is 0 Å². The summed E-state index contributed by atoms with van der Waals surface area (Å²) >= 11 is 0. The summed E-state index contributed by atoms with van der Waals surface area (Å²) in [5, 5.41) is 5.72. The van der Waals surface area contributed by atoms with Crippen LogP contribution in [0.4, 0.5) is 0 Å². The Labute approximate surface area is 216 Å². The van der Waals surface area contributed by atoms with Gasteiger partial charge in [-0.2, -0.15) is 17.0 Å². The van der Waals surface area contributed by atoms with E-state index in [-0.39, 0.29) is 36.9 Å². The molecular weight excluding hydrogens is 500 g/mol. The number of fused-ring (bicyclic) bond motifs is 7. The van der Waals surface area contributed by atoms with Crippen LogP contribution >= 0.6 is 0 Å². The summed E-state index contributed by atoms with van der Waals surface area (Å²) < 4.78 is 46.3. The van der Waals surface area contributed by atoms with Crippen LogP contribution < -0.4 is 24.8 Å². The second kappa shape index (κ2) is 11.4. The third-order valence-corrected chi connectivity index (χ3v) is 8.51. The Morgan fingerprint density at radius 1 is 1.08 bits per heavy atom. The van der Waals surface area contributed by atoms with Crippen molar-refractivity contribution in [2.45, 2.75) is 32.5 Å². The molecular formula is C25H32N4O7S. The lowest BCUT2D eigenvalue weighted by atomic mass is 10.1. The molecule has 2 aromatic carbocycles. The summed E-state index contributed by atoms with van der Waals surface area (Å²) in [6.07, 6.45) is -0.621. The number of nitrogens with one attached hydrogen (secondary N) is 2. The van der Waals surface area contributed by atoms with Crippen molar-refractivity contribution in [1.82, 2.24) is 19.2 Å². The second-order valence-corrected chi connectivity index (χ2v) is 10.6. The molecule has 1 saturated heterocycles. The van der Waals surface area contributed by atoms with E-state index in [1.54, 1.807) is 38.1 Å². The Bertz CT molecular complexity index is 1230. The van der Waals surface area contributed by atoms with E-state index >= 15 is 0 Å². The van der Waals surface area contributed by atoms with Crippen molar-refractivity contribution in [3.63, 3.8) is 0 Å². The first kappa shape index (κ1) is 26.7. The molecule has 5 rings (SSSR count). The smallest absolute Gasteiger partial charge is 0.282 e. The van der Waals surface area contributed by atoms with Crippen molar-refractivity contribution in [3.8, 4) is 17.2 Å². The molecule has 0 spiro atoms. The van der Waals surface area contributed by atoms with Gasteiger partial charge in [-0.1, -0.05) is 26.0 Å². The van der Waals surface area contributed by atoms with E-state index in [0.29, 0.717) is 31.1 Å². The Morgan fingerprint density at radius 3 is 2.49 bits per heavy atom. The molecule has 2 amide bonds. The fraction of sp³-hybridized carbons (Fsp3) is 0.440. The molecule has 12 heteroatoms. The van der Waals surface area contributed by atoms with Crippen molar-refractivity contribution < 1.29 is 32.2 Å². The predicted molar refractivity (Wildman–Crippen MR) is 136 cm³/mol. The van der Waals surface area contributed by atoms with Crippen LogP contribution in [-0.4, -0.2) is 80.9 Å². The van der Waals surface area contributed by atoms with Crippen molar-refractivity contribution in [3.05, 3.63) is 53.6 Å². The quantitative estimate of drug-likeness (QED) is 0.592. The maximum Gasteiger partial charge on any atom is 0.282 e. The molecule has 3 aliphatic heterocycles. The van der Waals surface area contributed by atoms with E-state index in [1.807, 2.05) is 12.1 Å². The van der Waals surface area contributed by atoms with Crippen LogP contribution in [0.1, 0.15) is 29.8 Å². The molecule has 11 nitrogen and oxygen atoms in total. The second-order valence-electron chi connectivity index (χ2n) is 8.72. The third-order valence-electron chi connectivity index (χ3n) is 6.39. The normalized spacial score (nSPS) is 20.9. The minimum Gasteiger partial charge on any atom is -0.493 e. The maximum atomic E-state index is 13.2. The Hall–Kier alpha value is -3.35. The summed E-state index contributed by atoms with van der Waals surface area (Å²) in [6.45, 7) is 4.42. The van der Waals surface area contributed by atoms with E-state index in [1.165, 1.54) is 21.8 Å². The molecule has 0 radical (unpaired) electrons. The van der Waals surface area contributed by atoms with Gasteiger partial charge in [0.15, 0.2) is 18.1 Å². The summed E-state index contributed by atoms with van der Waals surface area (Å²) in [5.74, 6) is 0.378. The number of rotatable bonds is 5. The van der Waals surface area contributed by atoms with E-state index in [2.05, 4.69) is 10.6 Å². The van der Waals surface area contributed by atoms with E-state index in [9.17, 15) is 18.0 Å². The first-order chi connectivity index (χ1) is 17.7. The van der Waals surface area contributed by atoms with Gasteiger partial charge in [0, 0.05) is 31.7 Å². The first-order valence-corrected chi connectivity index (χ1v) is 13.5. The lowest BCUT2D eigenvalue weighted by Crippen LogP contribution is -2.46. The molecule has 4 bridgehead atoms. The molecule has 3 aliphatic rings. The maximum absolute atomic E-state index is 13.2. The lowest BCUT2D eigenvalue weighted by molar-refractivity contribution is -0.123. The summed E-state index contributed by atoms with van der Waals surface area (Å²) in [4.78, 5) is 25.5. The summed E-state index contributed by atoms with van der Waals surface area (Å²) in [6, 6.07) is 11.2. The Kier molecular flexibility index (Phi) is 8.20. The van der Waals surface area contributed by atoms with Crippen LogP contribution in [0.15, 0.2) is 42.5 Å². The number of hydrogen-bond donors (Lipinski definition) is 2. The number of ether oxygens (including phenoxy) is 3. The van der Waals surface area contributed by atoms with Gasteiger partial charge < -0.3 is 24.8 Å². The van der Waals surface area contributed by atoms with E-state index < -0.39 is 28.3 Å². The number of carbonyl (C=O) groups is 2. The summed E-state index contributed by atoms with van der Waals surface area (Å²) in [7, 11) is -2.27. The van der Waals surface area contributed by atoms with Gasteiger partial charge in [-0.25, -0.2) is 0 Å². The average Bonchev–Trinajstić information content (AvgIpc) is 3.29. The van der Waals surface area contributed by atoms with Crippen LogP contribution in [0.25, 0.3) is 0 Å². The number of benzene rings is 2. The number of amides is 2. The van der Waals surface area contributed by atoms with Crippen LogP contribution in [0.2, 0.25) is 0 Å². The highest BCUT2D eigenvalue weighted by atomic mass is 32.2. The van der Waals surface area contributed by atoms with Gasteiger partial charge in [0.2, 0.25) is 0 Å². The average molecular weight is 533 g/mol. The van der Waals surface area contributed by atoms with Crippen molar-refractivity contribution in [1.29, 1.82) is 0 Å². The monoisotopic (exact) mass is 532 g/mol. The zero-order chi connectivity index (χ0) is 26.6. The molecule has 2 N–H and O–H groups in total. The summed E-state index contributed by atoms with van der Waals surface area (Å²) in [5.41, 5.74) is 1.12. The first-order valence-electron chi connectivity index (χ1n) is 12.1. The minimum absolute atomic E-state index is 0.0608. The highest BCUT2D eigenvalue weighted by molar-refractivity contribution is 7.86. The van der Waals surface area contributed by atoms with Crippen LogP contribution in [-0.2, 0) is 21.5 Å². The zero-order valence-corrected chi connectivity index (χ0v) is 21.9. The molecule has 0 aliphatic carbocycles. The van der Waals surface area contributed by atoms with Gasteiger partial charge >= 0.3 is 0 Å². The third kappa shape index (κ3) is 5.97. The molecule has 0 aromatic heterocycles. The highest BCUT2D eigenvalue weighted by Gasteiger charge is 2.42. The van der Waals surface area contributed by atoms with Crippen LogP contribution in [0.3, 0.4) is 0 Å². The van der Waals surface area contributed by atoms with E-state index in [0.717, 1.165) is 5.56 Å². The predicted octanol–water partition coefficient (Wildman–Crippen LogP) is 1.15. The Morgan fingerprint density at radius 2 is 1.81 bits per heavy atom. The highest BCUT2D eigenvalue weighted by Crippen LogP contribution is 2.29. The zero-order valence-electron chi connectivity index (χ0n) is 21.1. The van der Waals surface area contributed by atoms with Gasteiger partial charge in [0.25, 0.3) is 22.0 Å². The van der Waals surface area contributed by atoms with Gasteiger partial charge in [0.1, 0.15) is 11.9 Å². The standard InChI is InChI=1S/C25H32N4O7S/c1-4-28(5-2)37(32,33)29-14-20-23(15-29)36-19-9-6-17(7-10-19)13-26-24(30)16-35-22-12-18(25(31)27-20)8-11-21(22)34-3/h6-12,20,23H,4-5,13-16H2,1-3H3,(H,26,30)(H,27,31)/t20-,23-/m0/s1. The van der Waals surface area contributed by atoms with Crippen molar-refractivity contribution >= 4 is 22.0 Å². The number of carbonyl (C=O) groups excluding carboxylic acids is 2. The lowest BCUT2D eigenvalue weighted by Gasteiger charge is -2.25. The van der Waals surface area contributed by atoms with E-state index in [4.69, 9.17) is 14.2 Å². The number of nitrogens with zero attached hydrogens (tertiary/aromatic N) is 2. The molecule has 1 fully saturated rings. The number of methoxy groups -OCH3 is 1. The minimum atomic E-state index is -3.73. The number of hydrogen-bond acceptors (Lipinski definition) is 7. The molecule has 2 atom stereocenters. The van der Waals surface area contributed by atoms with Gasteiger partial charge in [0.05, 0.1) is 19.7 Å². The molecule has 0 saturated carbocycles. The van der Waals surface area contributed by atoms with Crippen molar-refractivity contribution in [2.24, 2.45) is 0 Å². The molecule has 3 heterocycles. The fourth-order valence-corrected chi connectivity index (χ4v) is 6.00. The van der Waals surface area contributed by atoms with Crippen LogP contribution in [0.5, 0.6) is 17.2 Å². The Balaban J connectivity index is 1.67. The topological polar surface area (TPSA) is 127 Å². The van der Waals surface area contributed by atoms with Crippen LogP contribution in [0, 0.1) is 0 Å². The SMILES string of the molecule is CCN(CC)S(=O)(=O)N1C[C@@H]2NC(=O)c3ccc(OC)c(c3)OCC(=O)NCc3ccc(cc3)O[C@H]2C1. The molecule has 2 aromatic rings. The molecule has 200 valence electrons. The molecule has 37 heavy (non-hydrogen) atoms. The fourth-order valence-electron chi connectivity index (χ4n) is 4.34.